The largest absolute Gasteiger partial charge is 0.424 e. The molecule has 5 nitrogen and oxygen atoms in total. The Balaban J connectivity index is 1.63. The van der Waals surface area contributed by atoms with E-state index >= 15 is 0 Å². The predicted molar refractivity (Wildman–Crippen MR) is 79.9 cm³/mol. The third-order valence-electron chi connectivity index (χ3n) is 3.86. The van der Waals surface area contributed by atoms with E-state index in [-0.39, 0.29) is 5.41 Å². The molecule has 1 atom stereocenters. The first kappa shape index (κ1) is 14.2. The Morgan fingerprint density at radius 3 is 2.67 bits per heavy atom. The molecule has 0 aromatic carbocycles. The normalized spacial score (nSPS) is 20.0. The number of pyridine rings is 1. The molecule has 2 aromatic rings. The molecule has 2 aromatic heterocycles. The summed E-state index contributed by atoms with van der Waals surface area (Å²) in [6.07, 6.45) is 4.77. The average Bonchev–Trinajstić information content (AvgIpc) is 3.07. The summed E-state index contributed by atoms with van der Waals surface area (Å²) in [5.41, 5.74) is 1.21. The van der Waals surface area contributed by atoms with E-state index in [1.807, 2.05) is 12.4 Å². The summed E-state index contributed by atoms with van der Waals surface area (Å²) in [6, 6.07) is 4.13. The van der Waals surface area contributed by atoms with Gasteiger partial charge in [0.25, 0.3) is 0 Å². The maximum absolute atomic E-state index is 5.87. The maximum Gasteiger partial charge on any atom is 0.221 e. The SMILES string of the molecule is CC(C)(C)c1nnc([C@H]2CCN(Cc3ccncc3)C2)o1. The summed E-state index contributed by atoms with van der Waals surface area (Å²) < 4.78 is 5.87. The molecule has 0 N–H and O–H groups in total. The van der Waals surface area contributed by atoms with Crippen molar-refractivity contribution in [3.05, 3.63) is 41.9 Å². The summed E-state index contributed by atoms with van der Waals surface area (Å²) >= 11 is 0. The molecule has 0 aliphatic carbocycles. The van der Waals surface area contributed by atoms with Gasteiger partial charge in [-0.05, 0) is 30.7 Å². The van der Waals surface area contributed by atoms with Crippen LogP contribution in [0, 0.1) is 0 Å². The Morgan fingerprint density at radius 2 is 2.00 bits per heavy atom. The quantitative estimate of drug-likeness (QED) is 0.868. The molecular formula is C16H22N4O. The van der Waals surface area contributed by atoms with Crippen molar-refractivity contribution in [2.24, 2.45) is 0 Å². The molecule has 0 spiro atoms. The van der Waals surface area contributed by atoms with Crippen LogP contribution in [-0.2, 0) is 12.0 Å². The summed E-state index contributed by atoms with van der Waals surface area (Å²) in [7, 11) is 0. The first-order valence-electron chi connectivity index (χ1n) is 7.47. The molecule has 3 rings (SSSR count). The van der Waals surface area contributed by atoms with Gasteiger partial charge in [0.1, 0.15) is 0 Å². The second-order valence-corrected chi connectivity index (χ2v) is 6.77. The van der Waals surface area contributed by atoms with Crippen molar-refractivity contribution < 1.29 is 4.42 Å². The third kappa shape index (κ3) is 3.29. The van der Waals surface area contributed by atoms with E-state index < -0.39 is 0 Å². The fourth-order valence-corrected chi connectivity index (χ4v) is 2.63. The maximum atomic E-state index is 5.87. The smallest absolute Gasteiger partial charge is 0.221 e. The fraction of sp³-hybridized carbons (Fsp3) is 0.562. The molecule has 3 heterocycles. The zero-order chi connectivity index (χ0) is 14.9. The Morgan fingerprint density at radius 1 is 1.24 bits per heavy atom. The number of hydrogen-bond acceptors (Lipinski definition) is 5. The first-order chi connectivity index (χ1) is 10.0. The van der Waals surface area contributed by atoms with Crippen molar-refractivity contribution in [3.63, 3.8) is 0 Å². The van der Waals surface area contributed by atoms with Crippen LogP contribution in [0.3, 0.4) is 0 Å². The van der Waals surface area contributed by atoms with Crippen molar-refractivity contribution in [3.8, 4) is 0 Å². The van der Waals surface area contributed by atoms with Crippen LogP contribution in [0.4, 0.5) is 0 Å². The Labute approximate surface area is 125 Å². The second kappa shape index (κ2) is 5.56. The molecule has 5 heteroatoms. The lowest BCUT2D eigenvalue weighted by atomic mass is 9.97. The van der Waals surface area contributed by atoms with Crippen molar-refractivity contribution in [1.29, 1.82) is 0 Å². The summed E-state index contributed by atoms with van der Waals surface area (Å²) in [5, 5.41) is 8.45. The summed E-state index contributed by atoms with van der Waals surface area (Å²) in [4.78, 5) is 6.49. The van der Waals surface area contributed by atoms with Gasteiger partial charge in [-0.2, -0.15) is 0 Å². The minimum atomic E-state index is -0.0828. The summed E-state index contributed by atoms with van der Waals surface area (Å²) in [6.45, 7) is 9.28. The summed E-state index contributed by atoms with van der Waals surface area (Å²) in [5.74, 6) is 1.87. The van der Waals surface area contributed by atoms with E-state index in [0.717, 1.165) is 37.8 Å². The van der Waals surface area contributed by atoms with Gasteiger partial charge in [0, 0.05) is 30.9 Å². The molecule has 1 aliphatic heterocycles. The van der Waals surface area contributed by atoms with Gasteiger partial charge >= 0.3 is 0 Å². The van der Waals surface area contributed by atoms with Crippen LogP contribution in [0.1, 0.15) is 50.5 Å². The fourth-order valence-electron chi connectivity index (χ4n) is 2.63. The molecule has 0 bridgehead atoms. The number of rotatable bonds is 3. The van der Waals surface area contributed by atoms with Crippen LogP contribution in [0.15, 0.2) is 28.9 Å². The molecule has 0 saturated carbocycles. The molecule has 21 heavy (non-hydrogen) atoms. The number of hydrogen-bond donors (Lipinski definition) is 0. The standard InChI is InChI=1S/C16H22N4O/c1-16(2,3)15-19-18-14(21-15)13-6-9-20(11-13)10-12-4-7-17-8-5-12/h4-5,7-8,13H,6,9-11H2,1-3H3/t13-/m0/s1. The molecule has 112 valence electrons. The molecule has 1 aliphatic rings. The molecule has 0 radical (unpaired) electrons. The lowest BCUT2D eigenvalue weighted by Gasteiger charge is -2.15. The second-order valence-electron chi connectivity index (χ2n) is 6.77. The average molecular weight is 286 g/mol. The molecule has 0 amide bonds. The Hall–Kier alpha value is -1.75. The Bertz CT molecular complexity index is 588. The van der Waals surface area contributed by atoms with Gasteiger partial charge in [-0.3, -0.25) is 9.88 Å². The molecule has 1 fully saturated rings. The third-order valence-corrected chi connectivity index (χ3v) is 3.86. The molecule has 0 unspecified atom stereocenters. The van der Waals surface area contributed by atoms with Crippen molar-refractivity contribution in [2.45, 2.75) is 45.1 Å². The van der Waals surface area contributed by atoms with E-state index in [1.165, 1.54) is 5.56 Å². The first-order valence-corrected chi connectivity index (χ1v) is 7.47. The van der Waals surface area contributed by atoms with Crippen LogP contribution in [0.25, 0.3) is 0 Å². The van der Waals surface area contributed by atoms with Crippen LogP contribution in [0.5, 0.6) is 0 Å². The Kier molecular flexibility index (Phi) is 3.76. The van der Waals surface area contributed by atoms with Crippen LogP contribution < -0.4 is 0 Å². The van der Waals surface area contributed by atoms with Crippen LogP contribution in [0.2, 0.25) is 0 Å². The van der Waals surface area contributed by atoms with Gasteiger partial charge in [-0.1, -0.05) is 20.8 Å². The number of aromatic nitrogens is 3. The zero-order valence-electron chi connectivity index (χ0n) is 12.9. The van der Waals surface area contributed by atoms with Crippen molar-refractivity contribution >= 4 is 0 Å². The highest BCUT2D eigenvalue weighted by atomic mass is 16.4. The monoisotopic (exact) mass is 286 g/mol. The van der Waals surface area contributed by atoms with Crippen molar-refractivity contribution in [1.82, 2.24) is 20.1 Å². The molecule has 1 saturated heterocycles. The van der Waals surface area contributed by atoms with Gasteiger partial charge < -0.3 is 4.42 Å². The van der Waals surface area contributed by atoms with Gasteiger partial charge in [-0.15, -0.1) is 10.2 Å². The van der Waals surface area contributed by atoms with Crippen molar-refractivity contribution in [2.75, 3.05) is 13.1 Å². The van der Waals surface area contributed by atoms with E-state index in [2.05, 4.69) is 53.0 Å². The highest BCUT2D eigenvalue weighted by molar-refractivity contribution is 5.10. The molecular weight excluding hydrogens is 264 g/mol. The zero-order valence-corrected chi connectivity index (χ0v) is 12.9. The van der Waals surface area contributed by atoms with E-state index in [1.54, 1.807) is 0 Å². The van der Waals surface area contributed by atoms with E-state index in [9.17, 15) is 0 Å². The number of nitrogens with zero attached hydrogens (tertiary/aromatic N) is 4. The van der Waals surface area contributed by atoms with E-state index in [4.69, 9.17) is 4.42 Å². The topological polar surface area (TPSA) is 55.1 Å². The lowest BCUT2D eigenvalue weighted by Crippen LogP contribution is -2.19. The van der Waals surface area contributed by atoms with Crippen LogP contribution in [-0.4, -0.2) is 33.2 Å². The van der Waals surface area contributed by atoms with Crippen LogP contribution >= 0.6 is 0 Å². The highest BCUT2D eigenvalue weighted by Gasteiger charge is 2.30. The minimum absolute atomic E-state index is 0.0828. The van der Waals surface area contributed by atoms with Gasteiger partial charge in [-0.25, -0.2) is 0 Å². The predicted octanol–water partition coefficient (Wildman–Crippen LogP) is 2.75. The van der Waals surface area contributed by atoms with Gasteiger partial charge in [0.05, 0.1) is 5.92 Å². The number of likely N-dealkylation sites (tertiary alicyclic amines) is 1. The van der Waals surface area contributed by atoms with Gasteiger partial charge in [0.15, 0.2) is 0 Å². The minimum Gasteiger partial charge on any atom is -0.424 e. The highest BCUT2D eigenvalue weighted by Crippen LogP contribution is 2.29. The van der Waals surface area contributed by atoms with E-state index in [0.29, 0.717) is 5.92 Å². The van der Waals surface area contributed by atoms with Gasteiger partial charge in [0.2, 0.25) is 11.8 Å². The lowest BCUT2D eigenvalue weighted by molar-refractivity contribution is 0.313.